The molecule has 2 saturated heterocycles. The van der Waals surface area contributed by atoms with Crippen molar-refractivity contribution in [3.05, 3.63) is 12.4 Å². The van der Waals surface area contributed by atoms with Gasteiger partial charge in [-0.2, -0.15) is 0 Å². The van der Waals surface area contributed by atoms with E-state index in [1.165, 1.54) is 0 Å². The summed E-state index contributed by atoms with van der Waals surface area (Å²) in [7, 11) is 0. The lowest BCUT2D eigenvalue weighted by Gasteiger charge is -2.27. The third kappa shape index (κ3) is 3.43. The summed E-state index contributed by atoms with van der Waals surface area (Å²) in [6, 6.07) is -0.262. The zero-order chi connectivity index (χ0) is 15.4. The number of aryl methyl sites for hydroxylation is 1. The summed E-state index contributed by atoms with van der Waals surface area (Å²) in [5.74, 6) is 1.56. The van der Waals surface area contributed by atoms with Crippen molar-refractivity contribution in [3.63, 3.8) is 0 Å². The van der Waals surface area contributed by atoms with Crippen LogP contribution in [0.15, 0.2) is 12.4 Å². The Labute approximate surface area is 134 Å². The molecule has 120 valence electrons. The molecule has 2 aliphatic heterocycles. The van der Waals surface area contributed by atoms with Gasteiger partial charge in [0.2, 0.25) is 11.8 Å². The van der Waals surface area contributed by atoms with Crippen LogP contribution in [0.4, 0.5) is 0 Å². The molecule has 7 nitrogen and oxygen atoms in total. The van der Waals surface area contributed by atoms with Crippen LogP contribution in [0, 0.1) is 0 Å². The molecule has 8 heteroatoms. The molecule has 3 heterocycles. The number of hydrogen-bond donors (Lipinski definition) is 0. The monoisotopic (exact) mass is 323 g/mol. The van der Waals surface area contributed by atoms with Crippen LogP contribution in [0.1, 0.15) is 25.7 Å². The van der Waals surface area contributed by atoms with Gasteiger partial charge < -0.3 is 9.80 Å². The minimum Gasteiger partial charge on any atom is -0.341 e. The summed E-state index contributed by atoms with van der Waals surface area (Å²) in [6.45, 7) is 2.36. The molecule has 2 aliphatic rings. The van der Waals surface area contributed by atoms with Gasteiger partial charge in [-0.25, -0.2) is 0 Å². The molecule has 0 bridgehead atoms. The molecule has 0 aliphatic carbocycles. The maximum atomic E-state index is 12.5. The van der Waals surface area contributed by atoms with Crippen molar-refractivity contribution >= 4 is 23.6 Å². The summed E-state index contributed by atoms with van der Waals surface area (Å²) >= 11 is 1.67. The molecule has 2 amide bonds. The Balaban J connectivity index is 1.50. The number of likely N-dealkylation sites (tertiary alicyclic amines) is 1. The average Bonchev–Trinajstić information content (AvgIpc) is 3.26. The van der Waals surface area contributed by atoms with E-state index in [0.29, 0.717) is 25.3 Å². The van der Waals surface area contributed by atoms with Crippen molar-refractivity contribution in [3.8, 4) is 0 Å². The average molecular weight is 323 g/mol. The Morgan fingerprint density at radius 3 is 2.82 bits per heavy atom. The highest BCUT2D eigenvalue weighted by molar-refractivity contribution is 7.99. The molecular weight excluding hydrogens is 302 g/mol. The fourth-order valence-corrected chi connectivity index (χ4v) is 4.10. The smallest absolute Gasteiger partial charge is 0.246 e. The Bertz CT molecular complexity index is 515. The second-order valence-electron chi connectivity index (χ2n) is 5.68. The van der Waals surface area contributed by atoms with Crippen molar-refractivity contribution < 1.29 is 9.59 Å². The second kappa shape index (κ2) is 7.13. The highest BCUT2D eigenvalue weighted by Gasteiger charge is 2.37. The first-order chi connectivity index (χ1) is 10.8. The zero-order valence-electron chi connectivity index (χ0n) is 12.6. The van der Waals surface area contributed by atoms with Gasteiger partial charge >= 0.3 is 0 Å². The van der Waals surface area contributed by atoms with Crippen molar-refractivity contribution in [1.29, 1.82) is 0 Å². The van der Waals surface area contributed by atoms with Crippen LogP contribution in [0.5, 0.6) is 0 Å². The Morgan fingerprint density at radius 1 is 1.27 bits per heavy atom. The van der Waals surface area contributed by atoms with E-state index < -0.39 is 0 Å². The van der Waals surface area contributed by atoms with Crippen LogP contribution in [-0.2, 0) is 16.1 Å². The summed E-state index contributed by atoms with van der Waals surface area (Å²) < 4.78 is 1.72. The van der Waals surface area contributed by atoms with Crippen molar-refractivity contribution in [1.82, 2.24) is 24.8 Å². The molecular formula is C14H21N5O2S. The molecule has 0 aromatic carbocycles. The first-order valence-electron chi connectivity index (χ1n) is 7.76. The van der Waals surface area contributed by atoms with Crippen LogP contribution in [-0.4, -0.2) is 67.4 Å². The molecule has 0 N–H and O–H groups in total. The van der Waals surface area contributed by atoms with Crippen LogP contribution in [0.2, 0.25) is 0 Å². The second-order valence-corrected chi connectivity index (χ2v) is 6.68. The number of carbonyl (C=O) groups excluding carboxylic acids is 2. The van der Waals surface area contributed by atoms with E-state index in [0.717, 1.165) is 31.7 Å². The molecule has 0 unspecified atom stereocenters. The van der Waals surface area contributed by atoms with Gasteiger partial charge in [0.1, 0.15) is 6.04 Å². The molecule has 0 radical (unpaired) electrons. The Kier molecular flexibility index (Phi) is 4.97. The van der Waals surface area contributed by atoms with Gasteiger partial charge in [-0.3, -0.25) is 14.3 Å². The lowest BCUT2D eigenvalue weighted by molar-refractivity contribution is -0.142. The third-order valence-electron chi connectivity index (χ3n) is 4.16. The molecule has 1 aromatic heterocycles. The number of rotatable bonds is 5. The Hall–Kier alpha value is -1.57. The lowest BCUT2D eigenvalue weighted by Crippen LogP contribution is -2.48. The summed E-state index contributed by atoms with van der Waals surface area (Å²) in [5.41, 5.74) is 0. The van der Waals surface area contributed by atoms with Gasteiger partial charge in [0.25, 0.3) is 0 Å². The highest BCUT2D eigenvalue weighted by Crippen LogP contribution is 2.25. The van der Waals surface area contributed by atoms with Crippen molar-refractivity contribution in [2.45, 2.75) is 38.3 Å². The largest absolute Gasteiger partial charge is 0.341 e. The van der Waals surface area contributed by atoms with Crippen LogP contribution in [0.3, 0.4) is 0 Å². The molecule has 1 atom stereocenters. The normalized spacial score (nSPS) is 21.5. The van der Waals surface area contributed by atoms with Gasteiger partial charge in [0.05, 0.1) is 12.1 Å². The van der Waals surface area contributed by atoms with Crippen molar-refractivity contribution in [2.75, 3.05) is 24.7 Å². The first kappa shape index (κ1) is 15.3. The van der Waals surface area contributed by atoms with E-state index in [4.69, 9.17) is 0 Å². The van der Waals surface area contributed by atoms with Gasteiger partial charge in [-0.15, -0.1) is 16.9 Å². The van der Waals surface area contributed by atoms with E-state index in [1.54, 1.807) is 33.7 Å². The van der Waals surface area contributed by atoms with Crippen LogP contribution in [0.25, 0.3) is 0 Å². The predicted octanol–water partition coefficient (Wildman–Crippen LogP) is 0.582. The standard InChI is InChI=1S/C14H21N5O2S/c20-13(4-3-8-18-9-5-15-16-18)19-11-22-10-12(19)14(21)17-6-1-2-7-17/h5,9,12H,1-4,6-8,10-11H2/t12-/m0/s1. The van der Waals surface area contributed by atoms with E-state index >= 15 is 0 Å². The number of aromatic nitrogens is 3. The first-order valence-corrected chi connectivity index (χ1v) is 8.91. The molecule has 0 saturated carbocycles. The Morgan fingerprint density at radius 2 is 2.09 bits per heavy atom. The SMILES string of the molecule is O=C([C@@H]1CSCN1C(=O)CCCn1ccnn1)N1CCCC1. The molecule has 22 heavy (non-hydrogen) atoms. The minimum absolute atomic E-state index is 0.0719. The molecule has 2 fully saturated rings. The number of carbonyl (C=O) groups is 2. The molecule has 3 rings (SSSR count). The fourth-order valence-electron chi connectivity index (χ4n) is 2.93. The van der Waals surface area contributed by atoms with Gasteiger partial charge in [0, 0.05) is 38.0 Å². The van der Waals surface area contributed by atoms with Gasteiger partial charge in [0.15, 0.2) is 0 Å². The zero-order valence-corrected chi connectivity index (χ0v) is 13.4. The topological polar surface area (TPSA) is 71.3 Å². The number of nitrogens with zero attached hydrogens (tertiary/aromatic N) is 5. The predicted molar refractivity (Wildman–Crippen MR) is 83.0 cm³/mol. The third-order valence-corrected chi connectivity index (χ3v) is 5.17. The maximum absolute atomic E-state index is 12.5. The van der Waals surface area contributed by atoms with Gasteiger partial charge in [-0.1, -0.05) is 5.21 Å². The minimum atomic E-state index is -0.262. The van der Waals surface area contributed by atoms with Crippen LogP contribution < -0.4 is 0 Å². The van der Waals surface area contributed by atoms with E-state index in [-0.39, 0.29) is 17.9 Å². The number of amides is 2. The van der Waals surface area contributed by atoms with E-state index in [1.807, 2.05) is 4.90 Å². The van der Waals surface area contributed by atoms with E-state index in [9.17, 15) is 9.59 Å². The van der Waals surface area contributed by atoms with Gasteiger partial charge in [-0.05, 0) is 19.3 Å². The highest BCUT2D eigenvalue weighted by atomic mass is 32.2. The molecule has 1 aromatic rings. The summed E-state index contributed by atoms with van der Waals surface area (Å²) in [4.78, 5) is 28.6. The molecule has 0 spiro atoms. The van der Waals surface area contributed by atoms with E-state index in [2.05, 4.69) is 10.3 Å². The summed E-state index contributed by atoms with van der Waals surface area (Å²) in [6.07, 6.45) is 6.74. The number of thioether (sulfide) groups is 1. The number of hydrogen-bond acceptors (Lipinski definition) is 5. The fraction of sp³-hybridized carbons (Fsp3) is 0.714. The quantitative estimate of drug-likeness (QED) is 0.793. The van der Waals surface area contributed by atoms with Crippen molar-refractivity contribution in [2.24, 2.45) is 0 Å². The van der Waals surface area contributed by atoms with Crippen LogP contribution >= 0.6 is 11.8 Å². The summed E-state index contributed by atoms with van der Waals surface area (Å²) in [5, 5.41) is 7.62. The lowest BCUT2D eigenvalue weighted by atomic mass is 10.2. The maximum Gasteiger partial charge on any atom is 0.246 e.